The predicted octanol–water partition coefficient (Wildman–Crippen LogP) is 1.89. The van der Waals surface area contributed by atoms with Gasteiger partial charge in [0.05, 0.1) is 12.1 Å². The summed E-state index contributed by atoms with van der Waals surface area (Å²) in [5.41, 5.74) is -13.3. The van der Waals surface area contributed by atoms with Crippen LogP contribution in [0, 0.1) is 22.7 Å². The molecule has 0 aliphatic rings. The third kappa shape index (κ3) is 22.4. The minimum absolute atomic E-state index is 1.20. The third-order valence-corrected chi connectivity index (χ3v) is 11.4. The molecule has 0 amide bonds. The van der Waals surface area contributed by atoms with Crippen LogP contribution in [0.4, 0.5) is 56.6 Å². The number of halogens is 9. The van der Waals surface area contributed by atoms with E-state index in [0.29, 0.717) is 0 Å². The summed E-state index contributed by atoms with van der Waals surface area (Å²) in [6.07, 6.45) is 13.1. The van der Waals surface area contributed by atoms with Crippen molar-refractivity contribution in [3.05, 3.63) is 73.6 Å². The molecular formula is C28H36AsF9N8O9S3. The molecule has 3 aromatic heterocycles. The van der Waals surface area contributed by atoms with Gasteiger partial charge in [0, 0.05) is 13.8 Å². The topological polar surface area (TPSA) is 241 Å². The number of hydrogen-bond acceptors (Lipinski definition) is 14. The van der Waals surface area contributed by atoms with Gasteiger partial charge in [0.1, 0.15) is 0 Å². The van der Waals surface area contributed by atoms with Gasteiger partial charge < -0.3 is 13.7 Å². The summed E-state index contributed by atoms with van der Waals surface area (Å²) in [4.78, 5) is 6.37. The Morgan fingerprint density at radius 1 is 0.483 bits per heavy atom. The number of rotatable bonds is 6. The van der Waals surface area contributed by atoms with Gasteiger partial charge in [-0.3, -0.25) is 0 Å². The van der Waals surface area contributed by atoms with Crippen LogP contribution in [0.25, 0.3) is 0 Å². The van der Waals surface area contributed by atoms with Gasteiger partial charge in [0.2, 0.25) is 0 Å². The van der Waals surface area contributed by atoms with Gasteiger partial charge in [0.15, 0.2) is 30.4 Å². The van der Waals surface area contributed by atoms with E-state index in [9.17, 15) is 39.5 Å². The molecule has 3 aromatic rings. The maximum absolute atomic E-state index is 10.7. The van der Waals surface area contributed by atoms with Crippen LogP contribution in [0.15, 0.2) is 73.6 Å². The normalized spacial score (nSPS) is 11.3. The Morgan fingerprint density at radius 3 is 0.690 bits per heavy atom. The van der Waals surface area contributed by atoms with Gasteiger partial charge >= 0.3 is 190 Å². The summed E-state index contributed by atoms with van der Waals surface area (Å²) in [6.45, 7) is 2.86. The molecule has 30 heteroatoms. The number of aromatic nitrogens is 3. The van der Waals surface area contributed by atoms with Gasteiger partial charge in [-0.05, 0) is 0 Å². The van der Waals surface area contributed by atoms with Crippen molar-refractivity contribution >= 4 is 62.7 Å². The van der Waals surface area contributed by atoms with Crippen LogP contribution in [0.1, 0.15) is 13.8 Å². The van der Waals surface area contributed by atoms with Crippen LogP contribution < -0.4 is 25.2 Å². The van der Waals surface area contributed by atoms with Crippen LogP contribution in [0.2, 0.25) is 0 Å². The van der Waals surface area contributed by atoms with Crippen LogP contribution in [-0.4, -0.2) is 113 Å². The van der Waals surface area contributed by atoms with E-state index in [4.69, 9.17) is 49.4 Å². The second-order valence-electron chi connectivity index (χ2n) is 10.4. The number of pyridine rings is 3. The molecule has 0 saturated carbocycles. The monoisotopic (exact) mass is 970 g/mol. The average Bonchev–Trinajstić information content (AvgIpc) is 3.04. The minimum atomic E-state index is -6.09. The molecule has 3 rings (SSSR count). The molecule has 0 saturated heterocycles. The van der Waals surface area contributed by atoms with Crippen molar-refractivity contribution in [3.8, 4) is 12.1 Å². The number of nitriles is 2. The molecule has 0 aliphatic heterocycles. The SMILES string of the molecule is CC#N.CC#N.CN(C)c1cc[n+]([As]([n+]2ccc(N(C)C)cc2)[n+]2ccc(N(C)C)cc2)cc1.O=S(=O)([O-])C(F)(F)F.O=S(=O)([O-])C(F)(F)F.O=S(=O)([O-])C(F)(F)F. The molecule has 0 N–H and O–H groups in total. The molecule has 0 aliphatic carbocycles. The summed E-state index contributed by atoms with van der Waals surface area (Å²) in [7, 11) is -5.86. The fraction of sp³-hybridized carbons (Fsp3) is 0.393. The predicted molar refractivity (Wildman–Crippen MR) is 185 cm³/mol. The quantitative estimate of drug-likeness (QED) is 0.148. The smallest absolute Gasteiger partial charge is 0.485 e. The van der Waals surface area contributed by atoms with Crippen LogP contribution in [0.5, 0.6) is 0 Å². The molecule has 17 nitrogen and oxygen atoms in total. The van der Waals surface area contributed by atoms with Crippen molar-refractivity contribution in [2.24, 2.45) is 0 Å². The summed E-state index contributed by atoms with van der Waals surface area (Å²) in [5, 5.41) is 14.6. The van der Waals surface area contributed by atoms with E-state index in [0.717, 1.165) is 0 Å². The van der Waals surface area contributed by atoms with E-state index in [1.807, 2.05) is 0 Å². The number of nitrogens with zero attached hydrogens (tertiary/aromatic N) is 8. The van der Waals surface area contributed by atoms with Crippen molar-refractivity contribution in [2.45, 2.75) is 30.4 Å². The fourth-order valence-corrected chi connectivity index (χ4v) is 6.68. The molecule has 58 heavy (non-hydrogen) atoms. The van der Waals surface area contributed by atoms with E-state index in [2.05, 4.69) is 141 Å². The molecule has 0 radical (unpaired) electrons. The Balaban J connectivity index is -0.000000821. The molecule has 0 atom stereocenters. The molecule has 3 heterocycles. The van der Waals surface area contributed by atoms with Gasteiger partial charge in [-0.25, -0.2) is 25.3 Å². The Labute approximate surface area is 334 Å². The van der Waals surface area contributed by atoms with E-state index < -0.39 is 62.2 Å². The van der Waals surface area contributed by atoms with E-state index in [1.54, 1.807) is 12.1 Å². The summed E-state index contributed by atoms with van der Waals surface area (Å²) in [6, 6.07) is 16.5. The molecule has 0 unspecified atom stereocenters. The first-order valence-corrected chi connectivity index (χ1v) is 21.2. The first-order chi connectivity index (χ1) is 25.9. The Kier molecular flexibility index (Phi) is 24.3. The van der Waals surface area contributed by atoms with Crippen molar-refractivity contribution in [1.29, 1.82) is 10.5 Å². The van der Waals surface area contributed by atoms with E-state index in [1.165, 1.54) is 30.9 Å². The zero-order valence-electron chi connectivity index (χ0n) is 31.3. The molecule has 0 bridgehead atoms. The van der Waals surface area contributed by atoms with E-state index in [-0.39, 0.29) is 0 Å². The van der Waals surface area contributed by atoms with Crippen LogP contribution in [0.3, 0.4) is 0 Å². The Bertz CT molecular complexity index is 1860. The molecular weight excluding hydrogens is 934 g/mol. The summed E-state index contributed by atoms with van der Waals surface area (Å²) < 4.78 is 184. The minimum Gasteiger partial charge on any atom is -0.741 e. The number of anilines is 3. The fourth-order valence-electron chi connectivity index (χ4n) is 2.84. The second-order valence-corrected chi connectivity index (χ2v) is 18.6. The Hall–Kier alpha value is -4.51. The van der Waals surface area contributed by atoms with Gasteiger partial charge in [-0.15, -0.1) is 0 Å². The second kappa shape index (κ2) is 24.4. The van der Waals surface area contributed by atoms with E-state index >= 15 is 0 Å². The maximum atomic E-state index is 10.7. The van der Waals surface area contributed by atoms with Gasteiger partial charge in [0.25, 0.3) is 0 Å². The van der Waals surface area contributed by atoms with Crippen LogP contribution in [-0.2, 0) is 30.4 Å². The van der Waals surface area contributed by atoms with Gasteiger partial charge in [-0.1, -0.05) is 0 Å². The molecule has 0 fully saturated rings. The summed E-state index contributed by atoms with van der Waals surface area (Å²) in [5.74, 6) is 0. The zero-order chi connectivity index (χ0) is 46.7. The van der Waals surface area contributed by atoms with Gasteiger partial charge in [-0.2, -0.15) is 50.0 Å². The van der Waals surface area contributed by atoms with Crippen LogP contribution >= 0.6 is 0 Å². The standard InChI is InChI=1S/C21H30AsN6.2C2H3N.3CHF3O3S/c1-23(2)19-7-13-26(14-8-19)22(27-15-9-20(10-16-27)24(3)4)28-17-11-21(12-18-28)25(5)6;2*1-2-3;3*2-1(3,4)8(5,6)7/h7-18H,1-6H3;2*1H3;3*(H,5,6,7)/q+3;;;;;/p-3. The molecule has 0 aromatic carbocycles. The molecule has 328 valence electrons. The average molecular weight is 971 g/mol. The van der Waals surface area contributed by atoms with Crippen molar-refractivity contribution in [2.75, 3.05) is 57.0 Å². The summed E-state index contributed by atoms with van der Waals surface area (Å²) >= 11 is -1.86. The van der Waals surface area contributed by atoms with Crippen molar-refractivity contribution in [1.82, 2.24) is 0 Å². The zero-order valence-corrected chi connectivity index (χ0v) is 35.6. The maximum Gasteiger partial charge on any atom is 0.485 e. The first kappa shape index (κ1) is 57.8. The number of alkyl halides is 9. The third-order valence-electron chi connectivity index (χ3n) is 5.41. The van der Waals surface area contributed by atoms with Crippen molar-refractivity contribution < 1.29 is 88.9 Å². The first-order valence-electron chi connectivity index (χ1n) is 14.5. The Morgan fingerprint density at radius 2 is 0.603 bits per heavy atom. The van der Waals surface area contributed by atoms with Crippen molar-refractivity contribution in [3.63, 3.8) is 0 Å². The molecule has 0 spiro atoms. The largest absolute Gasteiger partial charge is 0.741 e. The number of hydrogen-bond donors (Lipinski definition) is 0.